The van der Waals surface area contributed by atoms with E-state index in [1.165, 1.54) is 4.68 Å². The molecule has 2 rings (SSSR count). The third kappa shape index (κ3) is 1.76. The van der Waals surface area contributed by atoms with Crippen molar-refractivity contribution < 1.29 is 19.0 Å². The van der Waals surface area contributed by atoms with Gasteiger partial charge in [0.15, 0.2) is 11.7 Å². The van der Waals surface area contributed by atoms with Gasteiger partial charge in [0.1, 0.15) is 0 Å². The molecule has 0 aliphatic rings. The minimum Gasteiger partial charge on any atom is -0.538 e. The van der Waals surface area contributed by atoms with E-state index in [2.05, 4.69) is 9.79 Å². The molecule has 0 amide bonds. The monoisotopic (exact) mass is 318 g/mol. The highest BCUT2D eigenvalue weighted by atomic mass is 127. The smallest absolute Gasteiger partial charge is 0.298 e. The van der Waals surface area contributed by atoms with Gasteiger partial charge < -0.3 is 14.4 Å². The van der Waals surface area contributed by atoms with E-state index in [0.717, 1.165) is 0 Å². The van der Waals surface area contributed by atoms with Crippen molar-refractivity contribution in [2.75, 3.05) is 7.11 Å². The lowest BCUT2D eigenvalue weighted by atomic mass is 10.3. The molecule has 6 heteroatoms. The van der Waals surface area contributed by atoms with Gasteiger partial charge in [0, 0.05) is 28.7 Å². The molecule has 0 unspecified atom stereocenters. The molecule has 1 heterocycles. The molecule has 0 spiro atoms. The fraction of sp³-hybridized carbons (Fsp3) is 0.111. The topological polar surface area (TPSA) is 62.2 Å². The van der Waals surface area contributed by atoms with E-state index in [1.807, 2.05) is 34.7 Å². The number of benzene rings is 1. The zero-order chi connectivity index (χ0) is 10.8. The van der Waals surface area contributed by atoms with Gasteiger partial charge in [-0.2, -0.15) is 0 Å². The summed E-state index contributed by atoms with van der Waals surface area (Å²) in [5, 5.41) is 14.8. The van der Waals surface area contributed by atoms with Gasteiger partial charge in [-0.15, -0.1) is 0 Å². The number of ether oxygens (including phenoxy) is 1. The van der Waals surface area contributed by atoms with Crippen molar-refractivity contribution in [3.8, 4) is 17.4 Å². The highest BCUT2D eigenvalue weighted by Gasteiger charge is 2.21. The third-order valence-corrected chi connectivity index (χ3v) is 2.77. The molecule has 0 atom stereocenters. The summed E-state index contributed by atoms with van der Waals surface area (Å²) in [5.41, 5.74) is 0.676. The van der Waals surface area contributed by atoms with E-state index >= 15 is 0 Å². The van der Waals surface area contributed by atoms with Crippen molar-refractivity contribution >= 4 is 22.6 Å². The van der Waals surface area contributed by atoms with Gasteiger partial charge in [-0.25, -0.2) is 0 Å². The molecular formula is C9H7IN2O3. The second-order valence-electron chi connectivity index (χ2n) is 2.73. The molecule has 2 aromatic rings. The first kappa shape index (κ1) is 10.2. The molecule has 0 bridgehead atoms. The van der Waals surface area contributed by atoms with Crippen molar-refractivity contribution in [1.82, 2.24) is 5.27 Å². The first-order chi connectivity index (χ1) is 7.24. The maximum absolute atomic E-state index is 11.1. The van der Waals surface area contributed by atoms with E-state index < -0.39 is 5.95 Å². The summed E-state index contributed by atoms with van der Waals surface area (Å²) >= 11 is 1.88. The van der Waals surface area contributed by atoms with E-state index in [4.69, 9.17) is 4.74 Å². The zero-order valence-electron chi connectivity index (χ0n) is 7.81. The molecule has 0 fully saturated rings. The van der Waals surface area contributed by atoms with Gasteiger partial charge >= 0.3 is 0 Å². The van der Waals surface area contributed by atoms with Gasteiger partial charge in [-0.05, 0) is 10.7 Å². The molecular weight excluding hydrogens is 311 g/mol. The Balaban J connectivity index is 2.58. The Hall–Kier alpha value is -1.31. The van der Waals surface area contributed by atoms with Gasteiger partial charge in [0.05, 0.1) is 12.4 Å². The number of para-hydroxylation sites is 2. The predicted octanol–water partition coefficient (Wildman–Crippen LogP) is 0.638. The van der Waals surface area contributed by atoms with E-state index in [0.29, 0.717) is 15.1 Å². The molecule has 0 saturated carbocycles. The lowest BCUT2D eigenvalue weighted by molar-refractivity contribution is -0.682. The Morgan fingerprint density at radius 2 is 2.20 bits per heavy atom. The molecule has 5 nitrogen and oxygen atoms in total. The normalized spacial score (nSPS) is 10.3. The van der Waals surface area contributed by atoms with Crippen molar-refractivity contribution in [3.63, 3.8) is 0 Å². The summed E-state index contributed by atoms with van der Waals surface area (Å²) < 4.78 is 11.5. The number of methoxy groups -OCH3 is 1. The fourth-order valence-electron chi connectivity index (χ4n) is 1.19. The predicted molar refractivity (Wildman–Crippen MR) is 56.8 cm³/mol. The molecule has 15 heavy (non-hydrogen) atoms. The molecule has 0 aliphatic carbocycles. The number of hydrogen-bond acceptors (Lipinski definition) is 4. The number of aromatic nitrogens is 2. The second kappa shape index (κ2) is 4.05. The summed E-state index contributed by atoms with van der Waals surface area (Å²) in [5.74, 6) is 0.176. The van der Waals surface area contributed by atoms with Crippen molar-refractivity contribution in [2.45, 2.75) is 0 Å². The number of nitrogens with zero attached hydrogens (tertiary/aromatic N) is 2. The average molecular weight is 318 g/mol. The number of hydrogen-bond donors (Lipinski definition) is 0. The number of rotatable bonds is 2. The lowest BCUT2D eigenvalue weighted by Crippen LogP contribution is -2.36. The Labute approximate surface area is 99.4 Å². The quantitative estimate of drug-likeness (QED) is 0.602. The summed E-state index contributed by atoms with van der Waals surface area (Å²) in [4.78, 5) is 0. The lowest BCUT2D eigenvalue weighted by Gasteiger charge is -1.99. The van der Waals surface area contributed by atoms with Crippen molar-refractivity contribution in [3.05, 3.63) is 28.0 Å². The van der Waals surface area contributed by atoms with Crippen LogP contribution in [0.4, 0.5) is 0 Å². The van der Waals surface area contributed by atoms with E-state index in [9.17, 15) is 5.11 Å². The molecule has 1 aromatic heterocycles. The van der Waals surface area contributed by atoms with Gasteiger partial charge in [0.2, 0.25) is 0 Å². The van der Waals surface area contributed by atoms with Crippen LogP contribution in [0.2, 0.25) is 0 Å². The Morgan fingerprint density at radius 1 is 1.47 bits per heavy atom. The van der Waals surface area contributed by atoms with Crippen LogP contribution in [0.5, 0.6) is 11.7 Å². The highest BCUT2D eigenvalue weighted by molar-refractivity contribution is 14.1. The summed E-state index contributed by atoms with van der Waals surface area (Å²) in [6.45, 7) is 0. The number of halogens is 1. The Kier molecular flexibility index (Phi) is 2.76. The minimum absolute atomic E-state index is 0.386. The third-order valence-electron chi connectivity index (χ3n) is 1.87. The highest BCUT2D eigenvalue weighted by Crippen LogP contribution is 2.19. The molecule has 78 valence electrons. The van der Waals surface area contributed by atoms with Crippen LogP contribution in [0.25, 0.3) is 5.69 Å². The van der Waals surface area contributed by atoms with Crippen LogP contribution < -0.4 is 14.5 Å². The fourth-order valence-corrected chi connectivity index (χ4v) is 1.64. The second-order valence-corrected chi connectivity index (χ2v) is 3.76. The van der Waals surface area contributed by atoms with Crippen LogP contribution in [-0.4, -0.2) is 12.4 Å². The SMILES string of the molecule is COc1ccccc1-[n+]1noc([O-])c1I. The summed E-state index contributed by atoms with van der Waals surface area (Å²) in [6, 6.07) is 7.26. The van der Waals surface area contributed by atoms with Gasteiger partial charge in [-0.3, -0.25) is 0 Å². The van der Waals surface area contributed by atoms with E-state index in [1.54, 1.807) is 19.2 Å². The molecule has 0 aliphatic heterocycles. The van der Waals surface area contributed by atoms with Crippen LogP contribution in [-0.2, 0) is 0 Å². The first-order valence-electron chi connectivity index (χ1n) is 4.12. The largest absolute Gasteiger partial charge is 0.538 e. The zero-order valence-corrected chi connectivity index (χ0v) is 9.96. The standard InChI is InChI=1S/C9H7IN2O3/c1-14-7-5-3-2-4-6(7)12-8(10)9(13)15-11-12/h2-5H,1H3. The van der Waals surface area contributed by atoms with Gasteiger partial charge in [0.25, 0.3) is 9.39 Å². The van der Waals surface area contributed by atoms with Crippen LogP contribution in [0.1, 0.15) is 0 Å². The van der Waals surface area contributed by atoms with Gasteiger partial charge in [-0.1, -0.05) is 12.1 Å². The summed E-state index contributed by atoms with van der Waals surface area (Å²) in [7, 11) is 1.56. The molecule has 0 saturated heterocycles. The molecule has 0 radical (unpaired) electrons. The Bertz CT molecular complexity index is 484. The van der Waals surface area contributed by atoms with Crippen molar-refractivity contribution in [1.29, 1.82) is 0 Å². The molecule has 1 aromatic carbocycles. The summed E-state index contributed by atoms with van der Waals surface area (Å²) in [6.07, 6.45) is 0. The molecule has 0 N–H and O–H groups in total. The van der Waals surface area contributed by atoms with E-state index in [-0.39, 0.29) is 0 Å². The average Bonchev–Trinajstić information content (AvgIpc) is 2.60. The Morgan fingerprint density at radius 3 is 2.80 bits per heavy atom. The maximum atomic E-state index is 11.1. The minimum atomic E-state index is -0.457. The van der Waals surface area contributed by atoms with Crippen LogP contribution in [0.15, 0.2) is 28.8 Å². The van der Waals surface area contributed by atoms with Crippen molar-refractivity contribution in [2.24, 2.45) is 0 Å². The van der Waals surface area contributed by atoms with Crippen LogP contribution in [0.3, 0.4) is 0 Å². The van der Waals surface area contributed by atoms with Crippen LogP contribution >= 0.6 is 22.6 Å². The van der Waals surface area contributed by atoms with Crippen LogP contribution in [0, 0.1) is 3.70 Å². The maximum Gasteiger partial charge on any atom is 0.298 e. The first-order valence-corrected chi connectivity index (χ1v) is 5.20.